The first-order chi connectivity index (χ1) is 12.5. The number of rotatable bonds is 5. The summed E-state index contributed by atoms with van der Waals surface area (Å²) in [6, 6.07) is 4.07. The highest BCUT2D eigenvalue weighted by Gasteiger charge is 2.28. The average molecular weight is 365 g/mol. The van der Waals surface area contributed by atoms with Crippen molar-refractivity contribution in [2.75, 3.05) is 32.7 Å². The fourth-order valence-electron chi connectivity index (χ4n) is 3.88. The van der Waals surface area contributed by atoms with E-state index in [-0.39, 0.29) is 11.9 Å². The second-order valence-corrected chi connectivity index (χ2v) is 7.71. The predicted molar refractivity (Wildman–Crippen MR) is 97.6 cm³/mol. The highest BCUT2D eigenvalue weighted by molar-refractivity contribution is 5.78. The van der Waals surface area contributed by atoms with Crippen LogP contribution in [0, 0.1) is 17.6 Å². The number of nitrogens with zero attached hydrogens (tertiary/aromatic N) is 2. The summed E-state index contributed by atoms with van der Waals surface area (Å²) in [4.78, 5) is 17.1. The van der Waals surface area contributed by atoms with Crippen LogP contribution in [-0.2, 0) is 11.3 Å². The van der Waals surface area contributed by atoms with Crippen molar-refractivity contribution in [2.24, 2.45) is 5.92 Å². The fraction of sp³-hybridized carbons (Fsp3) is 0.650. The van der Waals surface area contributed by atoms with Gasteiger partial charge in [0.2, 0.25) is 5.91 Å². The number of likely N-dealkylation sites (tertiary alicyclic amines) is 1. The molecule has 6 heteroatoms. The van der Waals surface area contributed by atoms with Crippen molar-refractivity contribution in [1.29, 1.82) is 0 Å². The van der Waals surface area contributed by atoms with E-state index in [9.17, 15) is 13.6 Å². The molecule has 2 fully saturated rings. The topological polar surface area (TPSA) is 35.6 Å². The Labute approximate surface area is 154 Å². The van der Waals surface area contributed by atoms with Crippen LogP contribution in [0.25, 0.3) is 0 Å². The first-order valence-electron chi connectivity index (χ1n) is 9.69. The number of carbonyl (C=O) groups is 1. The van der Waals surface area contributed by atoms with Crippen molar-refractivity contribution < 1.29 is 13.6 Å². The molecule has 2 aliphatic heterocycles. The van der Waals surface area contributed by atoms with Crippen LogP contribution in [0.3, 0.4) is 0 Å². The molecule has 0 saturated carbocycles. The molecule has 0 aromatic heterocycles. The van der Waals surface area contributed by atoms with Gasteiger partial charge >= 0.3 is 0 Å². The summed E-state index contributed by atoms with van der Waals surface area (Å²) in [6.45, 7) is 6.69. The maximum absolute atomic E-state index is 13.6. The smallest absolute Gasteiger partial charge is 0.237 e. The molecule has 1 N–H and O–H groups in total. The monoisotopic (exact) mass is 365 g/mol. The van der Waals surface area contributed by atoms with Gasteiger partial charge in [-0.05, 0) is 75.5 Å². The van der Waals surface area contributed by atoms with Gasteiger partial charge < -0.3 is 10.2 Å². The quantitative estimate of drug-likeness (QED) is 0.872. The molecule has 1 amide bonds. The van der Waals surface area contributed by atoms with Crippen LogP contribution in [0.4, 0.5) is 8.78 Å². The Balaban J connectivity index is 1.69. The van der Waals surface area contributed by atoms with Gasteiger partial charge in [-0.1, -0.05) is 13.0 Å². The zero-order valence-electron chi connectivity index (χ0n) is 15.5. The van der Waals surface area contributed by atoms with Crippen LogP contribution in [0.5, 0.6) is 0 Å². The number of amides is 1. The van der Waals surface area contributed by atoms with Crippen molar-refractivity contribution in [3.05, 3.63) is 35.4 Å². The molecular formula is C20H29F2N3O. The van der Waals surface area contributed by atoms with E-state index in [1.54, 1.807) is 6.07 Å². The summed E-state index contributed by atoms with van der Waals surface area (Å²) in [5.74, 6) is -0.888. The lowest BCUT2D eigenvalue weighted by atomic mass is 9.99. The number of piperidine rings is 2. The van der Waals surface area contributed by atoms with Gasteiger partial charge in [0.1, 0.15) is 0 Å². The molecule has 0 radical (unpaired) electrons. The van der Waals surface area contributed by atoms with Gasteiger partial charge in [0.15, 0.2) is 11.6 Å². The number of benzene rings is 1. The van der Waals surface area contributed by atoms with Crippen molar-refractivity contribution in [3.63, 3.8) is 0 Å². The van der Waals surface area contributed by atoms with Gasteiger partial charge in [0, 0.05) is 12.6 Å². The zero-order chi connectivity index (χ0) is 18.5. The van der Waals surface area contributed by atoms with E-state index in [1.807, 2.05) is 4.90 Å². The molecule has 0 spiro atoms. The van der Waals surface area contributed by atoms with E-state index in [1.165, 1.54) is 6.07 Å². The van der Waals surface area contributed by atoms with Crippen molar-refractivity contribution in [3.8, 4) is 0 Å². The summed E-state index contributed by atoms with van der Waals surface area (Å²) in [5.41, 5.74) is 0.642. The lowest BCUT2D eigenvalue weighted by Gasteiger charge is -2.37. The van der Waals surface area contributed by atoms with Gasteiger partial charge in [0.25, 0.3) is 0 Å². The summed E-state index contributed by atoms with van der Waals surface area (Å²) >= 11 is 0. The van der Waals surface area contributed by atoms with Gasteiger partial charge in [-0.15, -0.1) is 0 Å². The third-order valence-corrected chi connectivity index (χ3v) is 5.64. The van der Waals surface area contributed by atoms with E-state index in [0.29, 0.717) is 18.7 Å². The Morgan fingerprint density at radius 1 is 1.15 bits per heavy atom. The van der Waals surface area contributed by atoms with Crippen LogP contribution in [0.15, 0.2) is 18.2 Å². The lowest BCUT2D eigenvalue weighted by molar-refractivity contribution is -0.136. The van der Waals surface area contributed by atoms with Gasteiger partial charge in [-0.25, -0.2) is 8.78 Å². The molecule has 0 atom stereocenters. The number of halogens is 2. The summed E-state index contributed by atoms with van der Waals surface area (Å²) in [5, 5.41) is 3.32. The number of hydrogen-bond acceptors (Lipinski definition) is 3. The van der Waals surface area contributed by atoms with Crippen LogP contribution in [-0.4, -0.2) is 54.5 Å². The Morgan fingerprint density at radius 3 is 2.50 bits per heavy atom. The standard InChI is InChI=1S/C20H29F2N3O/c1-15-6-10-24(11-7-15)14-20(26)25(17-4-8-23-9-5-17)13-16-2-3-18(21)19(22)12-16/h2-3,12,15,17,23H,4-11,13-14H2,1H3. The normalized spacial score (nSPS) is 20.3. The second-order valence-electron chi connectivity index (χ2n) is 7.71. The minimum atomic E-state index is -0.856. The average Bonchev–Trinajstić information content (AvgIpc) is 2.65. The summed E-state index contributed by atoms with van der Waals surface area (Å²) in [6.07, 6.45) is 4.05. The maximum Gasteiger partial charge on any atom is 0.237 e. The Hall–Kier alpha value is -1.53. The molecule has 0 unspecified atom stereocenters. The third kappa shape index (κ3) is 5.01. The van der Waals surface area contributed by atoms with Gasteiger partial charge in [-0.2, -0.15) is 0 Å². The molecular weight excluding hydrogens is 336 g/mol. The molecule has 1 aromatic carbocycles. The number of nitrogens with one attached hydrogen (secondary N) is 1. The molecule has 2 aliphatic rings. The van der Waals surface area contributed by atoms with E-state index in [4.69, 9.17) is 0 Å². The molecule has 4 nitrogen and oxygen atoms in total. The number of carbonyl (C=O) groups excluding carboxylic acids is 1. The highest BCUT2D eigenvalue weighted by Crippen LogP contribution is 2.20. The highest BCUT2D eigenvalue weighted by atomic mass is 19.2. The second kappa shape index (κ2) is 8.91. The molecule has 26 heavy (non-hydrogen) atoms. The molecule has 0 bridgehead atoms. The number of hydrogen-bond donors (Lipinski definition) is 1. The Morgan fingerprint density at radius 2 is 1.85 bits per heavy atom. The first-order valence-corrected chi connectivity index (χ1v) is 9.69. The summed E-state index contributed by atoms with van der Waals surface area (Å²) in [7, 11) is 0. The Kier molecular flexibility index (Phi) is 6.59. The van der Waals surface area contributed by atoms with Crippen LogP contribution in [0.2, 0.25) is 0 Å². The predicted octanol–water partition coefficient (Wildman–Crippen LogP) is 2.78. The molecule has 1 aromatic rings. The van der Waals surface area contributed by atoms with Crippen LogP contribution >= 0.6 is 0 Å². The van der Waals surface area contributed by atoms with Crippen LogP contribution in [0.1, 0.15) is 38.2 Å². The SMILES string of the molecule is CC1CCN(CC(=O)N(Cc2ccc(F)c(F)c2)C2CCNCC2)CC1. The van der Waals surface area contributed by atoms with E-state index in [0.717, 1.165) is 63.8 Å². The molecule has 0 aliphatic carbocycles. The van der Waals surface area contributed by atoms with Crippen LogP contribution < -0.4 is 5.32 Å². The summed E-state index contributed by atoms with van der Waals surface area (Å²) < 4.78 is 26.8. The van der Waals surface area contributed by atoms with Gasteiger partial charge in [0.05, 0.1) is 6.54 Å². The zero-order valence-corrected chi connectivity index (χ0v) is 15.5. The van der Waals surface area contributed by atoms with E-state index < -0.39 is 11.6 Å². The Bertz CT molecular complexity index is 611. The van der Waals surface area contributed by atoms with Crippen molar-refractivity contribution in [1.82, 2.24) is 15.1 Å². The van der Waals surface area contributed by atoms with Gasteiger partial charge in [-0.3, -0.25) is 9.69 Å². The first kappa shape index (κ1) is 19.2. The van der Waals surface area contributed by atoms with E-state index >= 15 is 0 Å². The van der Waals surface area contributed by atoms with Crippen molar-refractivity contribution in [2.45, 2.75) is 45.2 Å². The molecule has 144 valence electrons. The van der Waals surface area contributed by atoms with Crippen molar-refractivity contribution >= 4 is 5.91 Å². The molecule has 3 rings (SSSR count). The molecule has 2 heterocycles. The minimum absolute atomic E-state index is 0.0937. The third-order valence-electron chi connectivity index (χ3n) is 5.64. The van der Waals surface area contributed by atoms with E-state index in [2.05, 4.69) is 17.1 Å². The lowest BCUT2D eigenvalue weighted by Crippen LogP contribution is -2.49. The maximum atomic E-state index is 13.6. The molecule has 2 saturated heterocycles. The fourth-order valence-corrected chi connectivity index (χ4v) is 3.88. The minimum Gasteiger partial charge on any atom is -0.334 e. The largest absolute Gasteiger partial charge is 0.334 e.